The molecular weight excluding hydrogens is 483 g/mol. The van der Waals surface area contributed by atoms with Crippen molar-refractivity contribution in [3.05, 3.63) is 102 Å². The van der Waals surface area contributed by atoms with E-state index in [0.29, 0.717) is 11.6 Å². The van der Waals surface area contributed by atoms with Crippen molar-refractivity contribution >= 4 is 39.2 Å². The van der Waals surface area contributed by atoms with Crippen molar-refractivity contribution in [1.29, 1.82) is 0 Å². The topological polar surface area (TPSA) is 118 Å². The normalized spacial score (nSPS) is 14.8. The van der Waals surface area contributed by atoms with E-state index in [1.807, 2.05) is 36.4 Å². The first kappa shape index (κ1) is 23.2. The van der Waals surface area contributed by atoms with E-state index in [2.05, 4.69) is 25.4 Å². The Morgan fingerprint density at radius 3 is 2.36 bits per heavy atom. The third kappa shape index (κ3) is 4.82. The molecule has 0 bridgehead atoms. The van der Waals surface area contributed by atoms with E-state index >= 15 is 0 Å². The summed E-state index contributed by atoms with van der Waals surface area (Å²) in [7, 11) is -4.01. The number of rotatable bonds is 6. The van der Waals surface area contributed by atoms with E-state index in [0.717, 1.165) is 16.8 Å². The van der Waals surface area contributed by atoms with Gasteiger partial charge in [0.2, 0.25) is 11.9 Å². The molecular formula is C25H21FN6O3S. The maximum absolute atomic E-state index is 13.6. The average Bonchev–Trinajstić information content (AvgIpc) is 3.26. The van der Waals surface area contributed by atoms with Crippen LogP contribution in [0.2, 0.25) is 0 Å². The number of carbonyl (C=O) groups excluding carboxylic acids is 1. The molecule has 2 heterocycles. The van der Waals surface area contributed by atoms with Gasteiger partial charge in [-0.25, -0.2) is 22.2 Å². The van der Waals surface area contributed by atoms with Crippen LogP contribution in [0.1, 0.15) is 24.1 Å². The molecule has 0 spiro atoms. The maximum Gasteiger partial charge on any atom is 0.264 e. The highest BCUT2D eigenvalue weighted by Gasteiger charge is 2.27. The molecule has 36 heavy (non-hydrogen) atoms. The number of nitrogens with one attached hydrogen (secondary N) is 3. The molecule has 1 aliphatic rings. The highest BCUT2D eigenvalue weighted by atomic mass is 32.2. The van der Waals surface area contributed by atoms with Gasteiger partial charge in [-0.2, -0.15) is 4.98 Å². The van der Waals surface area contributed by atoms with Gasteiger partial charge in [0.25, 0.3) is 16.0 Å². The van der Waals surface area contributed by atoms with E-state index in [1.165, 1.54) is 48.0 Å². The predicted octanol–water partition coefficient (Wildman–Crippen LogP) is 4.23. The number of sulfonamides is 1. The van der Waals surface area contributed by atoms with Crippen molar-refractivity contribution in [3.8, 4) is 0 Å². The molecule has 0 aliphatic carbocycles. The second-order valence-electron chi connectivity index (χ2n) is 8.08. The summed E-state index contributed by atoms with van der Waals surface area (Å²) in [6, 6.07) is 20.9. The van der Waals surface area contributed by atoms with Crippen LogP contribution < -0.4 is 15.4 Å². The van der Waals surface area contributed by atoms with Crippen LogP contribution in [0.3, 0.4) is 0 Å². The second kappa shape index (κ2) is 9.27. The Kier molecular flexibility index (Phi) is 5.98. The van der Waals surface area contributed by atoms with Crippen LogP contribution in [-0.4, -0.2) is 29.1 Å². The minimum absolute atomic E-state index is 0.0180. The van der Waals surface area contributed by atoms with Gasteiger partial charge in [0, 0.05) is 18.3 Å². The summed E-state index contributed by atoms with van der Waals surface area (Å²) < 4.78 is 43.4. The molecule has 4 aromatic rings. The number of aromatic nitrogens is 3. The zero-order chi connectivity index (χ0) is 25.3. The summed E-state index contributed by atoms with van der Waals surface area (Å²) >= 11 is 0. The number of fused-ring (bicyclic) bond motifs is 1. The number of carbonyl (C=O) groups is 1. The number of nitrogens with zero attached hydrogens (tertiary/aromatic N) is 3. The number of allylic oxidation sites excluding steroid dienone is 1. The molecule has 1 atom stereocenters. The Hall–Kier alpha value is -4.51. The zero-order valence-corrected chi connectivity index (χ0v) is 19.8. The highest BCUT2D eigenvalue weighted by molar-refractivity contribution is 7.92. The van der Waals surface area contributed by atoms with Crippen LogP contribution in [0, 0.1) is 5.82 Å². The molecule has 3 N–H and O–H groups in total. The molecule has 9 nitrogen and oxygen atoms in total. The van der Waals surface area contributed by atoms with Crippen molar-refractivity contribution in [2.24, 2.45) is 0 Å². The van der Waals surface area contributed by atoms with Gasteiger partial charge in [-0.15, -0.1) is 5.10 Å². The molecule has 182 valence electrons. The minimum atomic E-state index is -4.01. The summed E-state index contributed by atoms with van der Waals surface area (Å²) in [6.45, 7) is 1.36. The van der Waals surface area contributed by atoms with Crippen LogP contribution in [0.5, 0.6) is 0 Å². The van der Waals surface area contributed by atoms with Crippen molar-refractivity contribution in [2.45, 2.75) is 17.9 Å². The minimum Gasteiger partial charge on any atom is -0.326 e. The zero-order valence-electron chi connectivity index (χ0n) is 19.0. The molecule has 3 aromatic carbocycles. The molecule has 11 heteroatoms. The molecule has 5 rings (SSSR count). The van der Waals surface area contributed by atoms with Gasteiger partial charge in [0.1, 0.15) is 11.9 Å². The molecule has 0 saturated carbocycles. The maximum atomic E-state index is 13.6. The van der Waals surface area contributed by atoms with Gasteiger partial charge < -0.3 is 10.6 Å². The average molecular weight is 505 g/mol. The number of benzene rings is 3. The number of hydrogen-bond acceptors (Lipinski definition) is 6. The third-order valence-electron chi connectivity index (χ3n) is 5.47. The Labute approximate surface area is 206 Å². The summed E-state index contributed by atoms with van der Waals surface area (Å²) in [5.41, 5.74) is 2.89. The fourth-order valence-electron chi connectivity index (χ4n) is 3.82. The first-order valence-electron chi connectivity index (χ1n) is 11.0. The first-order valence-corrected chi connectivity index (χ1v) is 12.4. The highest BCUT2D eigenvalue weighted by Crippen LogP contribution is 2.33. The van der Waals surface area contributed by atoms with Crippen LogP contribution in [0.25, 0.3) is 5.70 Å². The third-order valence-corrected chi connectivity index (χ3v) is 6.82. The van der Waals surface area contributed by atoms with Crippen LogP contribution in [-0.2, 0) is 14.8 Å². The van der Waals surface area contributed by atoms with E-state index in [-0.39, 0.29) is 22.6 Å². The molecule has 0 saturated heterocycles. The van der Waals surface area contributed by atoms with Crippen molar-refractivity contribution in [2.75, 3.05) is 15.4 Å². The molecule has 1 amide bonds. The van der Waals surface area contributed by atoms with Gasteiger partial charge >= 0.3 is 0 Å². The largest absolute Gasteiger partial charge is 0.326 e. The van der Waals surface area contributed by atoms with Gasteiger partial charge in [0.15, 0.2) is 0 Å². The summed E-state index contributed by atoms with van der Waals surface area (Å²) in [4.78, 5) is 15.6. The molecule has 1 aliphatic heterocycles. The lowest BCUT2D eigenvalue weighted by atomic mass is 10.0. The Morgan fingerprint density at radius 1 is 1.00 bits per heavy atom. The first-order chi connectivity index (χ1) is 17.3. The SMILES string of the molecule is CC(=O)Nc1ccc(S(=O)(=O)Nc2nc3n(n2)[C@@H](c2ccc(F)cc2)C=C(c2ccccc2)N3)cc1. The van der Waals surface area contributed by atoms with Gasteiger partial charge in [-0.1, -0.05) is 42.5 Å². The number of amides is 1. The Morgan fingerprint density at radius 2 is 1.69 bits per heavy atom. The van der Waals surface area contributed by atoms with Crippen molar-refractivity contribution in [1.82, 2.24) is 14.8 Å². The summed E-state index contributed by atoms with van der Waals surface area (Å²) in [5.74, 6) is -0.428. The Bertz CT molecular complexity index is 1550. The van der Waals surface area contributed by atoms with Crippen LogP contribution in [0.15, 0.2) is 89.8 Å². The van der Waals surface area contributed by atoms with Crippen LogP contribution >= 0.6 is 0 Å². The van der Waals surface area contributed by atoms with E-state index in [9.17, 15) is 17.6 Å². The lowest BCUT2D eigenvalue weighted by Gasteiger charge is -2.24. The van der Waals surface area contributed by atoms with Crippen molar-refractivity contribution < 1.29 is 17.6 Å². The number of hydrogen-bond donors (Lipinski definition) is 3. The molecule has 1 aromatic heterocycles. The molecule has 0 fully saturated rings. The second-order valence-corrected chi connectivity index (χ2v) is 9.76. The fraction of sp³-hybridized carbons (Fsp3) is 0.0800. The number of anilines is 3. The number of halogens is 1. The van der Waals surface area contributed by atoms with E-state index in [4.69, 9.17) is 0 Å². The van der Waals surface area contributed by atoms with E-state index in [1.54, 1.807) is 12.1 Å². The predicted molar refractivity (Wildman–Crippen MR) is 134 cm³/mol. The fourth-order valence-corrected chi connectivity index (χ4v) is 4.76. The quantitative estimate of drug-likeness (QED) is 0.362. The summed E-state index contributed by atoms with van der Waals surface area (Å²) in [6.07, 6.45) is 1.92. The van der Waals surface area contributed by atoms with Gasteiger partial charge in [-0.3, -0.25) is 4.79 Å². The van der Waals surface area contributed by atoms with Crippen molar-refractivity contribution in [3.63, 3.8) is 0 Å². The molecule has 0 unspecified atom stereocenters. The smallest absolute Gasteiger partial charge is 0.264 e. The standard InChI is InChI=1S/C25H21FN6O3S/c1-16(33)27-20-11-13-21(14-12-20)36(34,35)31-24-29-25-28-22(17-5-3-2-4-6-17)15-23(32(25)30-24)18-7-9-19(26)10-8-18/h2-15,23H,1H3,(H,27,33)(H2,28,29,30,31)/t23-/m1/s1. The van der Waals surface area contributed by atoms with Gasteiger partial charge in [-0.05, 0) is 53.6 Å². The monoisotopic (exact) mass is 504 g/mol. The Balaban J connectivity index is 1.47. The lowest BCUT2D eigenvalue weighted by Crippen LogP contribution is -2.20. The van der Waals surface area contributed by atoms with Crippen LogP contribution in [0.4, 0.5) is 22.0 Å². The summed E-state index contributed by atoms with van der Waals surface area (Å²) in [5, 5.41) is 10.2. The lowest BCUT2D eigenvalue weighted by molar-refractivity contribution is -0.114. The molecule has 0 radical (unpaired) electrons. The van der Waals surface area contributed by atoms with E-state index < -0.39 is 16.1 Å². The van der Waals surface area contributed by atoms with Gasteiger partial charge in [0.05, 0.1) is 4.90 Å².